The quantitative estimate of drug-likeness (QED) is 0.732. The minimum absolute atomic E-state index is 0.104. The highest BCUT2D eigenvalue weighted by Crippen LogP contribution is 2.21. The zero-order valence-electron chi connectivity index (χ0n) is 10.2. The Labute approximate surface area is 110 Å². The van der Waals surface area contributed by atoms with E-state index in [1.807, 2.05) is 18.2 Å². The number of pyridine rings is 1. The van der Waals surface area contributed by atoms with Crippen LogP contribution in [0, 0.1) is 0 Å². The highest BCUT2D eigenvalue weighted by molar-refractivity contribution is 6.03. The van der Waals surface area contributed by atoms with E-state index in [4.69, 9.17) is 5.73 Å². The third-order valence-electron chi connectivity index (χ3n) is 2.59. The van der Waals surface area contributed by atoms with Crippen LogP contribution in [0.4, 0.5) is 5.69 Å². The van der Waals surface area contributed by atoms with Crippen LogP contribution in [0.1, 0.15) is 0 Å². The summed E-state index contributed by atoms with van der Waals surface area (Å²) in [6.45, 7) is -0.238. The predicted octanol–water partition coefficient (Wildman–Crippen LogP) is 0.248. The summed E-state index contributed by atoms with van der Waals surface area (Å²) < 4.78 is 0. The van der Waals surface area contributed by atoms with Crippen LogP contribution in [-0.4, -0.2) is 29.9 Å². The molecule has 2 amide bonds. The lowest BCUT2D eigenvalue weighted by Crippen LogP contribution is -2.36. The molecule has 0 atom stereocenters. The van der Waals surface area contributed by atoms with E-state index >= 15 is 0 Å². The molecule has 4 N–H and O–H groups in total. The minimum Gasteiger partial charge on any atom is -0.346 e. The monoisotopic (exact) mass is 258 g/mol. The van der Waals surface area contributed by atoms with Crippen molar-refractivity contribution in [3.63, 3.8) is 0 Å². The molecule has 2 aromatic rings. The molecule has 0 aliphatic carbocycles. The number of carbonyl (C=O) groups is 2. The molecule has 1 aromatic carbocycles. The highest BCUT2D eigenvalue weighted by Gasteiger charge is 2.06. The van der Waals surface area contributed by atoms with Crippen LogP contribution in [0.5, 0.6) is 0 Å². The fraction of sp³-hybridized carbons (Fsp3) is 0.154. The topological polar surface area (TPSA) is 97.1 Å². The molecule has 1 heterocycles. The van der Waals surface area contributed by atoms with Gasteiger partial charge in [0.15, 0.2) is 0 Å². The largest absolute Gasteiger partial charge is 0.346 e. The number of nitrogens with zero attached hydrogens (tertiary/aromatic N) is 1. The van der Waals surface area contributed by atoms with E-state index < -0.39 is 0 Å². The molecule has 19 heavy (non-hydrogen) atoms. The predicted molar refractivity (Wildman–Crippen MR) is 72.4 cm³/mol. The van der Waals surface area contributed by atoms with Crippen molar-refractivity contribution in [1.29, 1.82) is 0 Å². The summed E-state index contributed by atoms with van der Waals surface area (Å²) in [6, 6.07) is 7.42. The van der Waals surface area contributed by atoms with Crippen molar-refractivity contribution in [2.75, 3.05) is 18.4 Å². The van der Waals surface area contributed by atoms with E-state index in [2.05, 4.69) is 15.6 Å². The van der Waals surface area contributed by atoms with Crippen LogP contribution in [0.3, 0.4) is 0 Å². The number of nitrogens with one attached hydrogen (secondary N) is 2. The van der Waals surface area contributed by atoms with Crippen molar-refractivity contribution in [3.05, 3.63) is 36.7 Å². The molecule has 6 nitrogen and oxygen atoms in total. The molecule has 0 unspecified atom stereocenters. The summed E-state index contributed by atoms with van der Waals surface area (Å²) in [6.07, 6.45) is 3.37. The average molecular weight is 258 g/mol. The van der Waals surface area contributed by atoms with E-state index in [0.29, 0.717) is 5.69 Å². The first-order valence-electron chi connectivity index (χ1n) is 5.80. The van der Waals surface area contributed by atoms with Gasteiger partial charge < -0.3 is 16.4 Å². The van der Waals surface area contributed by atoms with Gasteiger partial charge in [-0.05, 0) is 17.5 Å². The maximum atomic E-state index is 11.7. The van der Waals surface area contributed by atoms with Gasteiger partial charge in [0.2, 0.25) is 11.8 Å². The molecule has 2 rings (SSSR count). The number of aromatic nitrogens is 1. The van der Waals surface area contributed by atoms with Crippen molar-refractivity contribution < 1.29 is 9.59 Å². The third kappa shape index (κ3) is 3.26. The summed E-state index contributed by atoms with van der Waals surface area (Å²) >= 11 is 0. The number of rotatable bonds is 4. The summed E-state index contributed by atoms with van der Waals surface area (Å²) in [5, 5.41) is 6.97. The summed E-state index contributed by atoms with van der Waals surface area (Å²) in [5.41, 5.74) is 5.80. The van der Waals surface area contributed by atoms with Crippen molar-refractivity contribution in [2.24, 2.45) is 5.73 Å². The summed E-state index contributed by atoms with van der Waals surface area (Å²) in [7, 11) is 0. The maximum absolute atomic E-state index is 11.7. The number of fused-ring (bicyclic) bond motifs is 1. The molecule has 98 valence electrons. The Kier molecular flexibility index (Phi) is 4.04. The molecule has 0 bridgehead atoms. The van der Waals surface area contributed by atoms with E-state index in [-0.39, 0.29) is 24.9 Å². The standard InChI is InChI=1S/C13H14N4O2/c14-6-12(18)16-8-13(19)17-11-3-1-2-9-4-5-15-7-10(9)11/h1-5,7H,6,8,14H2,(H,16,18)(H,17,19). The Morgan fingerprint density at radius 1 is 1.21 bits per heavy atom. The molecule has 0 fully saturated rings. The first-order valence-corrected chi connectivity index (χ1v) is 5.80. The zero-order chi connectivity index (χ0) is 13.7. The van der Waals surface area contributed by atoms with Crippen molar-refractivity contribution >= 4 is 28.3 Å². The van der Waals surface area contributed by atoms with Crippen molar-refractivity contribution in [3.8, 4) is 0 Å². The molecule has 0 aliphatic heterocycles. The molecule has 0 saturated carbocycles. The molecule has 0 radical (unpaired) electrons. The lowest BCUT2D eigenvalue weighted by atomic mass is 10.1. The van der Waals surface area contributed by atoms with Gasteiger partial charge in [0.1, 0.15) is 0 Å². The van der Waals surface area contributed by atoms with Crippen molar-refractivity contribution in [2.45, 2.75) is 0 Å². The summed E-state index contributed by atoms with van der Waals surface area (Å²) in [5.74, 6) is -0.673. The fourth-order valence-electron chi connectivity index (χ4n) is 1.67. The van der Waals surface area contributed by atoms with E-state index in [1.54, 1.807) is 18.5 Å². The van der Waals surface area contributed by atoms with E-state index in [9.17, 15) is 9.59 Å². The van der Waals surface area contributed by atoms with Crippen LogP contribution >= 0.6 is 0 Å². The lowest BCUT2D eigenvalue weighted by molar-refractivity contribution is -0.123. The number of hydrogen-bond acceptors (Lipinski definition) is 4. The van der Waals surface area contributed by atoms with Crippen LogP contribution in [0.15, 0.2) is 36.7 Å². The Balaban J connectivity index is 2.09. The second-order valence-electron chi connectivity index (χ2n) is 3.93. The normalized spacial score (nSPS) is 10.2. The second kappa shape index (κ2) is 5.92. The number of hydrogen-bond donors (Lipinski definition) is 3. The number of carbonyl (C=O) groups excluding carboxylic acids is 2. The molecular weight excluding hydrogens is 244 g/mol. The molecule has 0 saturated heterocycles. The van der Waals surface area contributed by atoms with E-state index in [1.165, 1.54) is 0 Å². The molecule has 0 spiro atoms. The average Bonchev–Trinajstić information content (AvgIpc) is 2.45. The number of anilines is 1. The minimum atomic E-state index is -0.366. The highest BCUT2D eigenvalue weighted by atomic mass is 16.2. The Morgan fingerprint density at radius 3 is 2.84 bits per heavy atom. The van der Waals surface area contributed by atoms with Gasteiger partial charge in [-0.25, -0.2) is 0 Å². The van der Waals surface area contributed by atoms with Crippen LogP contribution in [-0.2, 0) is 9.59 Å². The lowest BCUT2D eigenvalue weighted by Gasteiger charge is -2.08. The molecule has 6 heteroatoms. The van der Waals surface area contributed by atoms with Gasteiger partial charge in [0.25, 0.3) is 0 Å². The smallest absolute Gasteiger partial charge is 0.243 e. The maximum Gasteiger partial charge on any atom is 0.243 e. The number of nitrogens with two attached hydrogens (primary N) is 1. The zero-order valence-corrected chi connectivity index (χ0v) is 10.2. The van der Waals surface area contributed by atoms with Gasteiger partial charge in [0.05, 0.1) is 18.8 Å². The van der Waals surface area contributed by atoms with Gasteiger partial charge in [-0.1, -0.05) is 12.1 Å². The number of benzene rings is 1. The molecule has 0 aliphatic rings. The Morgan fingerprint density at radius 2 is 2.05 bits per heavy atom. The van der Waals surface area contributed by atoms with Gasteiger partial charge in [-0.2, -0.15) is 0 Å². The van der Waals surface area contributed by atoms with Crippen LogP contribution in [0.25, 0.3) is 10.8 Å². The SMILES string of the molecule is NCC(=O)NCC(=O)Nc1cccc2ccncc12. The van der Waals surface area contributed by atoms with Crippen molar-refractivity contribution in [1.82, 2.24) is 10.3 Å². The Hall–Kier alpha value is -2.47. The third-order valence-corrected chi connectivity index (χ3v) is 2.59. The van der Waals surface area contributed by atoms with Gasteiger partial charge in [0, 0.05) is 17.8 Å². The number of amides is 2. The first-order chi connectivity index (χ1) is 9.20. The van der Waals surface area contributed by atoms with Crippen LogP contribution in [0.2, 0.25) is 0 Å². The van der Waals surface area contributed by atoms with Gasteiger partial charge in [-0.15, -0.1) is 0 Å². The Bertz CT molecular complexity index is 607. The van der Waals surface area contributed by atoms with Crippen LogP contribution < -0.4 is 16.4 Å². The fourth-order valence-corrected chi connectivity index (χ4v) is 1.67. The van der Waals surface area contributed by atoms with Gasteiger partial charge >= 0.3 is 0 Å². The van der Waals surface area contributed by atoms with E-state index in [0.717, 1.165) is 10.8 Å². The molecular formula is C13H14N4O2. The second-order valence-corrected chi connectivity index (χ2v) is 3.93. The van der Waals surface area contributed by atoms with Gasteiger partial charge in [-0.3, -0.25) is 14.6 Å². The first kappa shape index (κ1) is 13.0. The summed E-state index contributed by atoms with van der Waals surface area (Å²) in [4.78, 5) is 26.7. The molecule has 1 aromatic heterocycles.